The van der Waals surface area contributed by atoms with E-state index in [1.54, 1.807) is 25.4 Å². The third-order valence-corrected chi connectivity index (χ3v) is 4.69. The molecule has 1 aromatic heterocycles. The average Bonchev–Trinajstić information content (AvgIpc) is 2.69. The van der Waals surface area contributed by atoms with Crippen LogP contribution < -0.4 is 15.4 Å². The molecular weight excluding hydrogens is 328 g/mol. The Morgan fingerprint density at radius 1 is 1.27 bits per heavy atom. The van der Waals surface area contributed by atoms with Gasteiger partial charge in [0.25, 0.3) is 0 Å². The van der Waals surface area contributed by atoms with Crippen LogP contribution in [0.15, 0.2) is 48.7 Å². The van der Waals surface area contributed by atoms with E-state index in [-0.39, 0.29) is 6.03 Å². The van der Waals surface area contributed by atoms with Crippen molar-refractivity contribution in [2.75, 3.05) is 38.6 Å². The second kappa shape index (κ2) is 9.20. The zero-order valence-corrected chi connectivity index (χ0v) is 15.1. The maximum absolute atomic E-state index is 12.0. The second-order valence-corrected chi connectivity index (χ2v) is 6.52. The number of amides is 2. The quantitative estimate of drug-likeness (QED) is 0.837. The molecule has 1 fully saturated rings. The summed E-state index contributed by atoms with van der Waals surface area (Å²) >= 11 is 0. The van der Waals surface area contributed by atoms with Crippen molar-refractivity contribution in [3.8, 4) is 5.88 Å². The summed E-state index contributed by atoms with van der Waals surface area (Å²) in [5.74, 6) is 1.11. The van der Waals surface area contributed by atoms with Crippen molar-refractivity contribution in [3.05, 3.63) is 54.2 Å². The number of ether oxygens (including phenoxy) is 1. The number of piperidine rings is 1. The van der Waals surface area contributed by atoms with Gasteiger partial charge in [0.1, 0.15) is 0 Å². The van der Waals surface area contributed by atoms with E-state index >= 15 is 0 Å². The lowest BCUT2D eigenvalue weighted by molar-refractivity contribution is 0.207. The van der Waals surface area contributed by atoms with Gasteiger partial charge < -0.3 is 20.3 Å². The number of rotatable bonds is 6. The van der Waals surface area contributed by atoms with Gasteiger partial charge in [0.15, 0.2) is 0 Å². The maximum atomic E-state index is 12.0. The molecule has 2 amide bonds. The molecule has 3 rings (SSSR count). The maximum Gasteiger partial charge on any atom is 0.319 e. The van der Waals surface area contributed by atoms with Crippen molar-refractivity contribution in [1.29, 1.82) is 0 Å². The number of carbonyl (C=O) groups is 1. The van der Waals surface area contributed by atoms with Gasteiger partial charge in [-0.05, 0) is 36.9 Å². The van der Waals surface area contributed by atoms with Crippen LogP contribution in [0.25, 0.3) is 0 Å². The summed E-state index contributed by atoms with van der Waals surface area (Å²) in [6.07, 6.45) is 4.01. The molecule has 0 bridgehead atoms. The second-order valence-electron chi connectivity index (χ2n) is 6.52. The van der Waals surface area contributed by atoms with E-state index in [0.717, 1.165) is 19.6 Å². The van der Waals surface area contributed by atoms with Gasteiger partial charge in [0.05, 0.1) is 19.0 Å². The van der Waals surface area contributed by atoms with Crippen molar-refractivity contribution >= 4 is 11.7 Å². The fourth-order valence-corrected chi connectivity index (χ4v) is 3.33. The Labute approximate surface area is 154 Å². The summed E-state index contributed by atoms with van der Waals surface area (Å²) in [7, 11) is 1.56. The Morgan fingerprint density at radius 2 is 2.12 bits per heavy atom. The summed E-state index contributed by atoms with van der Waals surface area (Å²) in [5, 5.41) is 5.69. The lowest BCUT2D eigenvalue weighted by Crippen LogP contribution is -2.41. The van der Waals surface area contributed by atoms with Crippen LogP contribution in [-0.2, 0) is 0 Å². The molecule has 1 saturated heterocycles. The first-order chi connectivity index (χ1) is 12.7. The Morgan fingerprint density at radius 3 is 2.85 bits per heavy atom. The average molecular weight is 354 g/mol. The normalized spacial score (nSPS) is 17.5. The van der Waals surface area contributed by atoms with Gasteiger partial charge >= 0.3 is 6.03 Å². The molecule has 0 radical (unpaired) electrons. The van der Waals surface area contributed by atoms with Crippen LogP contribution in [0.3, 0.4) is 0 Å². The number of carbonyl (C=O) groups excluding carboxylic acids is 1. The molecule has 0 aliphatic carbocycles. The van der Waals surface area contributed by atoms with Crippen LogP contribution in [0, 0.1) is 0 Å². The highest BCUT2D eigenvalue weighted by atomic mass is 16.5. The van der Waals surface area contributed by atoms with Crippen molar-refractivity contribution in [2.24, 2.45) is 0 Å². The number of pyridine rings is 1. The summed E-state index contributed by atoms with van der Waals surface area (Å²) in [4.78, 5) is 18.5. The highest BCUT2D eigenvalue weighted by Crippen LogP contribution is 2.26. The van der Waals surface area contributed by atoms with E-state index in [0.29, 0.717) is 24.0 Å². The number of hydrogen-bond acceptors (Lipinski definition) is 4. The molecule has 1 atom stereocenters. The zero-order chi connectivity index (χ0) is 18.2. The van der Waals surface area contributed by atoms with Gasteiger partial charge in [-0.1, -0.05) is 30.3 Å². The summed E-state index contributed by atoms with van der Waals surface area (Å²) < 4.78 is 5.00. The van der Waals surface area contributed by atoms with Crippen molar-refractivity contribution in [3.63, 3.8) is 0 Å². The minimum absolute atomic E-state index is 0.214. The van der Waals surface area contributed by atoms with E-state index in [4.69, 9.17) is 4.74 Å². The van der Waals surface area contributed by atoms with Crippen LogP contribution >= 0.6 is 0 Å². The molecule has 0 unspecified atom stereocenters. The first kappa shape index (κ1) is 18.2. The minimum Gasteiger partial charge on any atom is -0.481 e. The van der Waals surface area contributed by atoms with Crippen LogP contribution in [0.2, 0.25) is 0 Å². The third kappa shape index (κ3) is 5.20. The third-order valence-electron chi connectivity index (χ3n) is 4.69. The van der Waals surface area contributed by atoms with E-state index < -0.39 is 0 Å². The number of benzene rings is 1. The van der Waals surface area contributed by atoms with Crippen LogP contribution in [0.5, 0.6) is 5.88 Å². The monoisotopic (exact) mass is 354 g/mol. The first-order valence-electron chi connectivity index (χ1n) is 9.07. The molecule has 0 saturated carbocycles. The van der Waals surface area contributed by atoms with Gasteiger partial charge in [-0.3, -0.25) is 0 Å². The summed E-state index contributed by atoms with van der Waals surface area (Å²) in [6.45, 7) is 3.62. The molecule has 2 N–H and O–H groups in total. The summed E-state index contributed by atoms with van der Waals surface area (Å²) in [6, 6.07) is 14.0. The fourth-order valence-electron chi connectivity index (χ4n) is 3.33. The molecule has 138 valence electrons. The minimum atomic E-state index is -0.214. The van der Waals surface area contributed by atoms with Gasteiger partial charge in [0, 0.05) is 25.7 Å². The van der Waals surface area contributed by atoms with Crippen LogP contribution in [0.1, 0.15) is 24.3 Å². The van der Waals surface area contributed by atoms with Gasteiger partial charge in [0.2, 0.25) is 5.88 Å². The molecule has 1 aliphatic rings. The molecule has 2 heterocycles. The van der Waals surface area contributed by atoms with E-state index in [2.05, 4.69) is 50.8 Å². The van der Waals surface area contributed by atoms with E-state index in [9.17, 15) is 4.79 Å². The molecule has 1 aliphatic heterocycles. The van der Waals surface area contributed by atoms with Gasteiger partial charge in [-0.25, -0.2) is 9.78 Å². The van der Waals surface area contributed by atoms with Crippen LogP contribution in [-0.4, -0.2) is 49.2 Å². The van der Waals surface area contributed by atoms with E-state index in [1.165, 1.54) is 18.4 Å². The topological polar surface area (TPSA) is 66.5 Å². The largest absolute Gasteiger partial charge is 0.481 e. The predicted molar refractivity (Wildman–Crippen MR) is 103 cm³/mol. The molecular formula is C20H26N4O2. The molecule has 6 nitrogen and oxygen atoms in total. The lowest BCUT2D eigenvalue weighted by Gasteiger charge is -2.33. The number of aromatic nitrogens is 1. The number of nitrogens with zero attached hydrogens (tertiary/aromatic N) is 2. The lowest BCUT2D eigenvalue weighted by atomic mass is 9.91. The number of nitrogens with one attached hydrogen (secondary N) is 2. The summed E-state index contributed by atoms with van der Waals surface area (Å²) in [5.41, 5.74) is 2.06. The van der Waals surface area contributed by atoms with Crippen molar-refractivity contribution < 1.29 is 9.53 Å². The Kier molecular flexibility index (Phi) is 6.44. The number of methoxy groups -OCH3 is 1. The highest BCUT2D eigenvalue weighted by molar-refractivity contribution is 5.88. The smallest absolute Gasteiger partial charge is 0.319 e. The Balaban J connectivity index is 1.40. The standard InChI is InChI=1S/C20H26N4O2/c1-26-19-10-9-18(14-22-19)23-20(25)21-11-13-24-12-5-8-17(15-24)16-6-3-2-4-7-16/h2-4,6-7,9-10,14,17H,5,8,11-13,15H2,1H3,(H2,21,23,25)/t17-/m1/s1. The van der Waals surface area contributed by atoms with Gasteiger partial charge in [-0.2, -0.15) is 0 Å². The van der Waals surface area contributed by atoms with Crippen molar-refractivity contribution in [2.45, 2.75) is 18.8 Å². The fraction of sp³-hybridized carbons (Fsp3) is 0.400. The molecule has 1 aromatic carbocycles. The van der Waals surface area contributed by atoms with E-state index in [1.807, 2.05) is 0 Å². The number of anilines is 1. The highest BCUT2D eigenvalue weighted by Gasteiger charge is 2.20. The molecule has 2 aromatic rings. The molecule has 26 heavy (non-hydrogen) atoms. The number of hydrogen-bond donors (Lipinski definition) is 2. The SMILES string of the molecule is COc1ccc(NC(=O)NCCN2CCC[C@@H](c3ccccc3)C2)cn1. The number of urea groups is 1. The molecule has 6 heteroatoms. The Hall–Kier alpha value is -2.60. The number of likely N-dealkylation sites (tertiary alicyclic amines) is 1. The zero-order valence-electron chi connectivity index (χ0n) is 15.1. The molecule has 0 spiro atoms. The van der Waals surface area contributed by atoms with Crippen molar-refractivity contribution in [1.82, 2.24) is 15.2 Å². The Bertz CT molecular complexity index is 691. The first-order valence-corrected chi connectivity index (χ1v) is 9.07. The predicted octanol–water partition coefficient (Wildman–Crippen LogP) is 3.09. The van der Waals surface area contributed by atoms with Gasteiger partial charge in [-0.15, -0.1) is 0 Å². The van der Waals surface area contributed by atoms with Crippen LogP contribution in [0.4, 0.5) is 10.5 Å².